The molecule has 2 heterocycles. The van der Waals surface area contributed by atoms with Crippen molar-refractivity contribution in [2.75, 3.05) is 36.4 Å². The van der Waals surface area contributed by atoms with Crippen LogP contribution in [0.2, 0.25) is 0 Å². The first kappa shape index (κ1) is 41.7. The van der Waals surface area contributed by atoms with Gasteiger partial charge >= 0.3 is 6.18 Å². The molecule has 14 nitrogen and oxygen atoms in total. The number of benzene rings is 4. The Hall–Kier alpha value is -5.95. The first-order chi connectivity index (χ1) is 27.5. The Morgan fingerprint density at radius 1 is 0.672 bits per heavy atom. The predicted molar refractivity (Wildman–Crippen MR) is 210 cm³/mol. The van der Waals surface area contributed by atoms with Gasteiger partial charge in [0, 0.05) is 29.6 Å². The van der Waals surface area contributed by atoms with Gasteiger partial charge in [-0.2, -0.15) is 13.2 Å². The summed E-state index contributed by atoms with van der Waals surface area (Å²) >= 11 is 0. The lowest BCUT2D eigenvalue weighted by atomic mass is 10.0. The van der Waals surface area contributed by atoms with Gasteiger partial charge in [-0.1, -0.05) is 32.0 Å². The zero-order valence-electron chi connectivity index (χ0n) is 31.6. The number of hydrogen-bond donors (Lipinski definition) is 2. The second-order valence-electron chi connectivity index (χ2n) is 13.2. The molecule has 2 atom stereocenters. The maximum atomic E-state index is 15.1. The summed E-state index contributed by atoms with van der Waals surface area (Å²) in [5, 5.41) is 5.25. The molecule has 6 aromatic rings. The average Bonchev–Trinajstić information content (AvgIpc) is 3.80. The van der Waals surface area contributed by atoms with Gasteiger partial charge in [0.25, 0.3) is 0 Å². The lowest BCUT2D eigenvalue weighted by Gasteiger charge is -2.29. The lowest BCUT2D eigenvalue weighted by Crippen LogP contribution is -2.40. The molecule has 6 rings (SSSR count). The van der Waals surface area contributed by atoms with Crippen molar-refractivity contribution in [3.05, 3.63) is 97.1 Å². The van der Waals surface area contributed by atoms with E-state index in [2.05, 4.69) is 20.6 Å². The lowest BCUT2D eigenvalue weighted by molar-refractivity contribution is -0.137. The second kappa shape index (κ2) is 16.5. The number of fused-ring (bicyclic) bond motifs is 2. The number of halogens is 3. The third-order valence-electron chi connectivity index (χ3n) is 9.24. The summed E-state index contributed by atoms with van der Waals surface area (Å²) in [6.45, 7) is 3.35. The number of nitrogens with zero attached hydrogens (tertiary/aromatic N) is 4. The molecule has 0 aliphatic heterocycles. The average molecular weight is 841 g/mol. The Bertz CT molecular complexity index is 2710. The van der Waals surface area contributed by atoms with Crippen molar-refractivity contribution in [3.8, 4) is 11.5 Å². The van der Waals surface area contributed by atoms with Crippen molar-refractivity contribution < 1.29 is 49.1 Å². The molecule has 4 aromatic carbocycles. The van der Waals surface area contributed by atoms with Crippen LogP contribution in [0.4, 0.5) is 24.5 Å². The topological polar surface area (TPSA) is 181 Å². The van der Waals surface area contributed by atoms with E-state index in [1.807, 2.05) is 0 Å². The van der Waals surface area contributed by atoms with Crippen LogP contribution in [0.1, 0.15) is 44.3 Å². The fraction of sp³-hybridized carbons (Fsp3) is 0.282. The van der Waals surface area contributed by atoms with Gasteiger partial charge in [0.15, 0.2) is 19.7 Å². The number of rotatable bonds is 15. The molecule has 0 saturated carbocycles. The van der Waals surface area contributed by atoms with Crippen LogP contribution >= 0.6 is 0 Å². The molecule has 58 heavy (non-hydrogen) atoms. The molecule has 0 fully saturated rings. The molecule has 306 valence electrons. The van der Waals surface area contributed by atoms with Gasteiger partial charge < -0.3 is 29.2 Å². The minimum atomic E-state index is -4.78. The summed E-state index contributed by atoms with van der Waals surface area (Å²) in [5.74, 6) is -2.04. The minimum absolute atomic E-state index is 0.0561. The van der Waals surface area contributed by atoms with Gasteiger partial charge in [0.2, 0.25) is 11.8 Å². The highest BCUT2D eigenvalue weighted by Gasteiger charge is 2.41. The molecule has 0 bridgehead atoms. The number of nitrogens with one attached hydrogen (secondary N) is 2. The molecule has 2 amide bonds. The first-order valence-corrected chi connectivity index (χ1v) is 21.2. The van der Waals surface area contributed by atoms with E-state index in [9.17, 15) is 34.8 Å². The van der Waals surface area contributed by atoms with Gasteiger partial charge in [-0.15, -0.1) is 0 Å². The predicted octanol–water partition coefficient (Wildman–Crippen LogP) is 6.85. The molecular weight excluding hydrogens is 802 g/mol. The molecule has 0 aliphatic rings. The summed E-state index contributed by atoms with van der Waals surface area (Å²) in [6.07, 6.45) is -1.98. The van der Waals surface area contributed by atoms with Gasteiger partial charge in [-0.05, 0) is 55.3 Å². The van der Waals surface area contributed by atoms with Crippen LogP contribution in [0.15, 0.2) is 101 Å². The van der Waals surface area contributed by atoms with E-state index in [0.717, 1.165) is 23.0 Å². The number of methoxy groups -OCH3 is 2. The Balaban J connectivity index is 1.68. The Morgan fingerprint density at radius 2 is 1.12 bits per heavy atom. The molecule has 0 saturated heterocycles. The van der Waals surface area contributed by atoms with E-state index in [1.165, 1.54) is 79.7 Å². The third-order valence-corrected chi connectivity index (χ3v) is 13.1. The van der Waals surface area contributed by atoms with Crippen LogP contribution in [0.25, 0.3) is 22.1 Å². The number of carbonyl (C=O) groups is 2. The number of anilines is 2. The van der Waals surface area contributed by atoms with E-state index < -0.39 is 55.3 Å². The summed E-state index contributed by atoms with van der Waals surface area (Å²) in [7, 11) is -5.29. The van der Waals surface area contributed by atoms with Crippen molar-refractivity contribution in [2.45, 2.75) is 54.7 Å². The van der Waals surface area contributed by atoms with Crippen LogP contribution in [0, 0.1) is 0 Å². The zero-order chi connectivity index (χ0) is 42.0. The fourth-order valence-corrected chi connectivity index (χ4v) is 9.82. The maximum absolute atomic E-state index is 15.1. The standard InChI is InChI=1S/C39H39F3N6O8S2/c1-5-16-57(51,52)31-14-8-12-29-33(31)47(22-43-29)35(37(49)45-25-11-7-10-24(18-25)39(40,41)42)36(38(50)46-26-19-27(55-3)21-28(20-26)56-4)48-23-44-30-13-9-15-32(34(30)48)58(53,54)17-6-2/h7-15,18-23,35-36H,5-6,16-17H2,1-4H3,(H,45,49)(H,46,50). The van der Waals surface area contributed by atoms with Crippen LogP contribution in [-0.4, -0.2) is 73.5 Å². The van der Waals surface area contributed by atoms with Crippen LogP contribution in [0.3, 0.4) is 0 Å². The number of ether oxygens (including phenoxy) is 2. The zero-order valence-corrected chi connectivity index (χ0v) is 33.3. The van der Waals surface area contributed by atoms with Gasteiger partial charge in [0.05, 0.1) is 75.8 Å². The van der Waals surface area contributed by atoms with E-state index >= 15 is 4.79 Å². The van der Waals surface area contributed by atoms with Crippen LogP contribution in [-0.2, 0) is 35.4 Å². The number of carbonyl (C=O) groups excluding carboxylic acids is 2. The highest BCUT2D eigenvalue weighted by atomic mass is 32.2. The first-order valence-electron chi connectivity index (χ1n) is 17.9. The number of para-hydroxylation sites is 2. The van der Waals surface area contributed by atoms with Gasteiger partial charge in [0.1, 0.15) is 23.6 Å². The Kier molecular flexibility index (Phi) is 11.9. The smallest absolute Gasteiger partial charge is 0.416 e. The quantitative estimate of drug-likeness (QED) is 0.111. The van der Waals surface area contributed by atoms with Crippen LogP contribution in [0.5, 0.6) is 11.5 Å². The number of alkyl halides is 3. The highest BCUT2D eigenvalue weighted by molar-refractivity contribution is 7.92. The van der Waals surface area contributed by atoms with E-state index in [1.54, 1.807) is 19.9 Å². The summed E-state index contributed by atoms with van der Waals surface area (Å²) < 4.78 is 110. The fourth-order valence-electron chi connectivity index (χ4n) is 6.72. The summed E-state index contributed by atoms with van der Waals surface area (Å²) in [6, 6.07) is 13.2. The molecule has 0 spiro atoms. The van der Waals surface area contributed by atoms with Gasteiger partial charge in [-0.3, -0.25) is 9.59 Å². The van der Waals surface area contributed by atoms with E-state index in [-0.39, 0.29) is 79.1 Å². The number of hydrogen-bond acceptors (Lipinski definition) is 10. The summed E-state index contributed by atoms with van der Waals surface area (Å²) in [5.41, 5.74) is -1.14. The van der Waals surface area contributed by atoms with Crippen molar-refractivity contribution >= 4 is 64.9 Å². The molecule has 2 N–H and O–H groups in total. The monoisotopic (exact) mass is 840 g/mol. The van der Waals surface area contributed by atoms with E-state index in [4.69, 9.17) is 9.47 Å². The van der Waals surface area contributed by atoms with Crippen LogP contribution < -0.4 is 20.1 Å². The van der Waals surface area contributed by atoms with Gasteiger partial charge in [-0.25, -0.2) is 26.8 Å². The third kappa shape index (κ3) is 8.36. The Labute approximate surface area is 331 Å². The van der Waals surface area contributed by atoms with Crippen molar-refractivity contribution in [1.82, 2.24) is 19.1 Å². The summed E-state index contributed by atoms with van der Waals surface area (Å²) in [4.78, 5) is 38.4. The highest BCUT2D eigenvalue weighted by Crippen LogP contribution is 2.38. The molecule has 0 aliphatic carbocycles. The number of imidazole rings is 2. The second-order valence-corrected chi connectivity index (χ2v) is 17.4. The largest absolute Gasteiger partial charge is 0.497 e. The normalized spacial score (nSPS) is 13.3. The number of sulfone groups is 2. The van der Waals surface area contributed by atoms with Crippen molar-refractivity contribution in [1.29, 1.82) is 0 Å². The molecule has 19 heteroatoms. The molecular formula is C39H39F3N6O8S2. The number of aromatic nitrogens is 4. The molecule has 2 aromatic heterocycles. The number of amides is 2. The van der Waals surface area contributed by atoms with Crippen molar-refractivity contribution in [2.24, 2.45) is 0 Å². The van der Waals surface area contributed by atoms with E-state index in [0.29, 0.717) is 6.07 Å². The Morgan fingerprint density at radius 3 is 1.55 bits per heavy atom. The molecule has 0 radical (unpaired) electrons. The SMILES string of the molecule is CCCS(=O)(=O)c1cccc2ncn(C(C(=O)Nc3cc(OC)cc(OC)c3)C(C(=O)Nc3cccc(C(F)(F)F)c3)n3cnc4cccc(S(=O)(=O)CCC)c43)c12. The molecule has 2 unspecified atom stereocenters. The maximum Gasteiger partial charge on any atom is 0.416 e. The van der Waals surface area contributed by atoms with Crippen molar-refractivity contribution in [3.63, 3.8) is 0 Å². The minimum Gasteiger partial charge on any atom is -0.497 e.